The highest BCUT2D eigenvalue weighted by atomic mass is 79.9. The lowest BCUT2D eigenvalue weighted by atomic mass is 10.1. The molecular formula is C15H20BrN3O. The minimum Gasteiger partial charge on any atom is -0.481 e. The molecule has 0 saturated carbocycles. The Morgan fingerprint density at radius 3 is 2.85 bits per heavy atom. The van der Waals surface area contributed by atoms with Crippen LogP contribution in [0.15, 0.2) is 28.7 Å². The van der Waals surface area contributed by atoms with Gasteiger partial charge < -0.3 is 10.1 Å². The van der Waals surface area contributed by atoms with Gasteiger partial charge in [-0.1, -0.05) is 28.1 Å². The van der Waals surface area contributed by atoms with Crippen molar-refractivity contribution in [1.29, 1.82) is 0 Å². The average molecular weight is 338 g/mol. The van der Waals surface area contributed by atoms with Crippen LogP contribution in [0.1, 0.15) is 29.8 Å². The van der Waals surface area contributed by atoms with E-state index in [1.807, 2.05) is 26.1 Å². The largest absolute Gasteiger partial charge is 0.481 e. The second-order valence-corrected chi connectivity index (χ2v) is 5.77. The van der Waals surface area contributed by atoms with Crippen LogP contribution in [0.25, 0.3) is 0 Å². The van der Waals surface area contributed by atoms with E-state index in [2.05, 4.69) is 45.4 Å². The SMILES string of the molecule is COc1c(CNC(C)c2cccc(Br)c2)c(C)nn1C. The Morgan fingerprint density at radius 2 is 2.20 bits per heavy atom. The molecule has 0 aliphatic rings. The fourth-order valence-corrected chi connectivity index (χ4v) is 2.71. The van der Waals surface area contributed by atoms with Gasteiger partial charge in [-0.15, -0.1) is 0 Å². The molecule has 108 valence electrons. The molecule has 1 aromatic heterocycles. The smallest absolute Gasteiger partial charge is 0.216 e. The van der Waals surface area contributed by atoms with Gasteiger partial charge in [-0.05, 0) is 31.5 Å². The number of aromatic nitrogens is 2. The zero-order valence-electron chi connectivity index (χ0n) is 12.3. The van der Waals surface area contributed by atoms with E-state index in [0.717, 1.165) is 28.2 Å². The second kappa shape index (κ2) is 6.41. The van der Waals surface area contributed by atoms with Crippen LogP contribution in [0, 0.1) is 6.92 Å². The summed E-state index contributed by atoms with van der Waals surface area (Å²) in [5.41, 5.74) is 3.36. The second-order valence-electron chi connectivity index (χ2n) is 4.85. The molecule has 20 heavy (non-hydrogen) atoms. The van der Waals surface area contributed by atoms with Crippen LogP contribution in [0.3, 0.4) is 0 Å². The molecule has 0 bridgehead atoms. The third-order valence-electron chi connectivity index (χ3n) is 3.42. The standard InChI is InChI=1S/C15H20BrN3O/c1-10(12-6-5-7-13(16)8-12)17-9-14-11(2)18-19(3)15(14)20-4/h5-8,10,17H,9H2,1-4H3. The molecule has 0 aliphatic carbocycles. The quantitative estimate of drug-likeness (QED) is 0.909. The maximum Gasteiger partial charge on any atom is 0.216 e. The van der Waals surface area contributed by atoms with Crippen molar-refractivity contribution in [2.45, 2.75) is 26.4 Å². The number of aryl methyl sites for hydroxylation is 2. The lowest BCUT2D eigenvalue weighted by Crippen LogP contribution is -2.18. The minimum atomic E-state index is 0.261. The van der Waals surface area contributed by atoms with Crippen molar-refractivity contribution in [1.82, 2.24) is 15.1 Å². The summed E-state index contributed by atoms with van der Waals surface area (Å²) < 4.78 is 8.28. The summed E-state index contributed by atoms with van der Waals surface area (Å²) in [6.45, 7) is 4.89. The summed E-state index contributed by atoms with van der Waals surface area (Å²) >= 11 is 3.50. The zero-order chi connectivity index (χ0) is 14.7. The Bertz CT molecular complexity index is 595. The maximum atomic E-state index is 5.41. The van der Waals surface area contributed by atoms with E-state index in [1.165, 1.54) is 5.56 Å². The molecule has 4 nitrogen and oxygen atoms in total. The van der Waals surface area contributed by atoms with Crippen molar-refractivity contribution in [3.63, 3.8) is 0 Å². The summed E-state index contributed by atoms with van der Waals surface area (Å²) in [7, 11) is 3.57. The molecule has 2 aromatic rings. The van der Waals surface area contributed by atoms with E-state index in [9.17, 15) is 0 Å². The van der Waals surface area contributed by atoms with E-state index in [-0.39, 0.29) is 6.04 Å². The predicted molar refractivity (Wildman–Crippen MR) is 83.9 cm³/mol. The van der Waals surface area contributed by atoms with Crippen LogP contribution in [0.2, 0.25) is 0 Å². The van der Waals surface area contributed by atoms with Gasteiger partial charge in [-0.3, -0.25) is 0 Å². The fourth-order valence-electron chi connectivity index (χ4n) is 2.29. The van der Waals surface area contributed by atoms with Gasteiger partial charge >= 0.3 is 0 Å². The van der Waals surface area contributed by atoms with E-state index in [4.69, 9.17) is 4.74 Å². The molecule has 0 fully saturated rings. The van der Waals surface area contributed by atoms with Crippen LogP contribution in [-0.2, 0) is 13.6 Å². The molecule has 5 heteroatoms. The molecule has 1 atom stereocenters. The number of methoxy groups -OCH3 is 1. The molecule has 0 amide bonds. The number of nitrogens with zero attached hydrogens (tertiary/aromatic N) is 2. The zero-order valence-corrected chi connectivity index (χ0v) is 13.9. The summed E-state index contributed by atoms with van der Waals surface area (Å²) in [5, 5.41) is 7.91. The van der Waals surface area contributed by atoms with Gasteiger partial charge in [0.2, 0.25) is 5.88 Å². The first kappa shape index (κ1) is 15.1. The van der Waals surface area contributed by atoms with Gasteiger partial charge in [-0.25, -0.2) is 4.68 Å². The van der Waals surface area contributed by atoms with E-state index < -0.39 is 0 Å². The third kappa shape index (κ3) is 3.22. The van der Waals surface area contributed by atoms with Crippen LogP contribution in [0.5, 0.6) is 5.88 Å². The normalized spacial score (nSPS) is 12.4. The van der Waals surface area contributed by atoms with Crippen molar-refractivity contribution < 1.29 is 4.74 Å². The Hall–Kier alpha value is -1.33. The number of hydrogen-bond donors (Lipinski definition) is 1. The van der Waals surface area contributed by atoms with Crippen molar-refractivity contribution in [2.24, 2.45) is 7.05 Å². The van der Waals surface area contributed by atoms with Crippen LogP contribution in [-0.4, -0.2) is 16.9 Å². The number of rotatable bonds is 5. The predicted octanol–water partition coefficient (Wildman–Crippen LogP) is 3.35. The first-order valence-corrected chi connectivity index (χ1v) is 7.37. The Labute approximate surface area is 128 Å². The lowest BCUT2D eigenvalue weighted by Gasteiger charge is -2.15. The molecule has 0 spiro atoms. The highest BCUT2D eigenvalue weighted by molar-refractivity contribution is 9.10. The van der Waals surface area contributed by atoms with Gasteiger partial charge in [0.1, 0.15) is 0 Å². The molecule has 0 radical (unpaired) electrons. The Morgan fingerprint density at radius 1 is 1.45 bits per heavy atom. The Kier molecular flexibility index (Phi) is 4.83. The van der Waals surface area contributed by atoms with Crippen LogP contribution in [0.4, 0.5) is 0 Å². The molecule has 1 heterocycles. The summed E-state index contributed by atoms with van der Waals surface area (Å²) in [6.07, 6.45) is 0. The van der Waals surface area contributed by atoms with E-state index >= 15 is 0 Å². The number of hydrogen-bond acceptors (Lipinski definition) is 3. The minimum absolute atomic E-state index is 0.261. The fraction of sp³-hybridized carbons (Fsp3) is 0.400. The van der Waals surface area contributed by atoms with Gasteiger partial charge in [-0.2, -0.15) is 5.10 Å². The van der Waals surface area contributed by atoms with Gasteiger partial charge in [0.25, 0.3) is 0 Å². The lowest BCUT2D eigenvalue weighted by molar-refractivity contribution is 0.367. The van der Waals surface area contributed by atoms with Crippen molar-refractivity contribution >= 4 is 15.9 Å². The van der Waals surface area contributed by atoms with E-state index in [0.29, 0.717) is 0 Å². The van der Waals surface area contributed by atoms with Gasteiger partial charge in [0, 0.05) is 24.1 Å². The monoisotopic (exact) mass is 337 g/mol. The summed E-state index contributed by atoms with van der Waals surface area (Å²) in [5.74, 6) is 0.816. The third-order valence-corrected chi connectivity index (χ3v) is 3.91. The first-order chi connectivity index (χ1) is 9.52. The molecule has 0 aliphatic heterocycles. The molecule has 1 unspecified atom stereocenters. The summed E-state index contributed by atoms with van der Waals surface area (Å²) in [4.78, 5) is 0. The van der Waals surface area contributed by atoms with Crippen molar-refractivity contribution in [2.75, 3.05) is 7.11 Å². The number of benzene rings is 1. The van der Waals surface area contributed by atoms with Gasteiger partial charge in [0.15, 0.2) is 0 Å². The molecule has 2 rings (SSSR count). The Balaban J connectivity index is 2.09. The van der Waals surface area contributed by atoms with Gasteiger partial charge in [0.05, 0.1) is 18.4 Å². The highest BCUT2D eigenvalue weighted by Crippen LogP contribution is 2.23. The van der Waals surface area contributed by atoms with Crippen molar-refractivity contribution in [3.8, 4) is 5.88 Å². The summed E-state index contributed by atoms with van der Waals surface area (Å²) in [6, 6.07) is 8.59. The first-order valence-electron chi connectivity index (χ1n) is 6.58. The molecule has 0 saturated heterocycles. The molecule has 1 aromatic carbocycles. The number of halogens is 1. The molecular weight excluding hydrogens is 318 g/mol. The topological polar surface area (TPSA) is 39.1 Å². The van der Waals surface area contributed by atoms with Crippen molar-refractivity contribution in [3.05, 3.63) is 45.6 Å². The number of nitrogens with one attached hydrogen (secondary N) is 1. The van der Waals surface area contributed by atoms with Crippen LogP contribution < -0.4 is 10.1 Å². The molecule has 1 N–H and O–H groups in total. The maximum absolute atomic E-state index is 5.41. The highest BCUT2D eigenvalue weighted by Gasteiger charge is 2.14. The number of ether oxygens (including phenoxy) is 1. The average Bonchev–Trinajstić information content (AvgIpc) is 2.69. The van der Waals surface area contributed by atoms with Crippen LogP contribution >= 0.6 is 15.9 Å². The van der Waals surface area contributed by atoms with E-state index in [1.54, 1.807) is 11.8 Å².